The van der Waals surface area contributed by atoms with Gasteiger partial charge < -0.3 is 5.11 Å². The van der Waals surface area contributed by atoms with Gasteiger partial charge in [0.2, 0.25) is 0 Å². The molecule has 0 rings (SSSR count). The first-order valence-corrected chi connectivity index (χ1v) is 4.17. The molecule has 0 aromatic rings. The summed E-state index contributed by atoms with van der Waals surface area (Å²) in [6, 6.07) is -0.0478. The van der Waals surface area contributed by atoms with E-state index in [4.69, 9.17) is 5.11 Å². The van der Waals surface area contributed by atoms with Crippen molar-refractivity contribution in [3.63, 3.8) is 0 Å². The molecule has 5 heteroatoms. The van der Waals surface area contributed by atoms with Gasteiger partial charge in [-0.2, -0.15) is 0 Å². The van der Waals surface area contributed by atoms with Crippen molar-refractivity contribution >= 4 is 5.97 Å². The third-order valence-electron chi connectivity index (χ3n) is 1.72. The van der Waals surface area contributed by atoms with Crippen LogP contribution in [0.25, 0.3) is 0 Å². The Kier molecular flexibility index (Phi) is 5.53. The fourth-order valence-electron chi connectivity index (χ4n) is 0.977. The smallest absolute Gasteiger partial charge is 0.304 e. The fraction of sp³-hybridized carbons (Fsp3) is 0.875. The van der Waals surface area contributed by atoms with Crippen molar-refractivity contribution in [3.05, 3.63) is 0 Å². The molecule has 0 radical (unpaired) electrons. The van der Waals surface area contributed by atoms with Crippen molar-refractivity contribution in [2.75, 3.05) is 13.1 Å². The van der Waals surface area contributed by atoms with Crippen LogP contribution in [0.3, 0.4) is 0 Å². The first-order chi connectivity index (χ1) is 5.93. The van der Waals surface area contributed by atoms with Gasteiger partial charge in [-0.15, -0.1) is 0 Å². The minimum absolute atomic E-state index is 0.0478. The fourth-order valence-corrected chi connectivity index (χ4v) is 0.977. The average molecular weight is 195 g/mol. The third-order valence-corrected chi connectivity index (χ3v) is 1.72. The van der Waals surface area contributed by atoms with E-state index in [2.05, 4.69) is 0 Å². The zero-order valence-electron chi connectivity index (χ0n) is 7.83. The first kappa shape index (κ1) is 12.3. The lowest BCUT2D eigenvalue weighted by Gasteiger charge is -2.24. The number of rotatable bonds is 6. The lowest BCUT2D eigenvalue weighted by molar-refractivity contribution is -0.137. The molecule has 0 atom stereocenters. The number of hydrogen-bond donors (Lipinski definition) is 1. The summed E-state index contributed by atoms with van der Waals surface area (Å²) in [7, 11) is 0. The number of halogens is 2. The van der Waals surface area contributed by atoms with Crippen LogP contribution in [0.5, 0.6) is 0 Å². The van der Waals surface area contributed by atoms with Crippen LogP contribution in [0.1, 0.15) is 20.3 Å². The summed E-state index contributed by atoms with van der Waals surface area (Å²) in [6.07, 6.45) is -2.50. The molecule has 0 fully saturated rings. The number of aliphatic carboxylic acids is 1. The van der Waals surface area contributed by atoms with Crippen LogP contribution in [-0.4, -0.2) is 41.5 Å². The van der Waals surface area contributed by atoms with Crippen LogP contribution in [0.4, 0.5) is 8.78 Å². The second-order valence-corrected chi connectivity index (χ2v) is 3.12. The Hall–Kier alpha value is -0.710. The monoisotopic (exact) mass is 195 g/mol. The van der Waals surface area contributed by atoms with Crippen molar-refractivity contribution in [1.82, 2.24) is 4.90 Å². The minimum Gasteiger partial charge on any atom is -0.481 e. The highest BCUT2D eigenvalue weighted by Crippen LogP contribution is 2.04. The van der Waals surface area contributed by atoms with E-state index in [-0.39, 0.29) is 25.6 Å². The van der Waals surface area contributed by atoms with Crippen molar-refractivity contribution in [1.29, 1.82) is 0 Å². The molecular weight excluding hydrogens is 180 g/mol. The third kappa shape index (κ3) is 6.45. The molecule has 0 aliphatic heterocycles. The maximum atomic E-state index is 12.0. The van der Waals surface area contributed by atoms with Gasteiger partial charge in [0.1, 0.15) is 0 Å². The summed E-state index contributed by atoms with van der Waals surface area (Å²) in [5.74, 6) is -0.958. The molecule has 0 bridgehead atoms. The molecule has 0 unspecified atom stereocenters. The number of alkyl halides is 2. The topological polar surface area (TPSA) is 40.5 Å². The second kappa shape index (κ2) is 5.85. The summed E-state index contributed by atoms with van der Waals surface area (Å²) in [6.45, 7) is 3.36. The van der Waals surface area contributed by atoms with E-state index in [1.807, 2.05) is 0 Å². The van der Waals surface area contributed by atoms with Crippen LogP contribution in [0, 0.1) is 0 Å². The van der Waals surface area contributed by atoms with E-state index >= 15 is 0 Å². The average Bonchev–Trinajstić information content (AvgIpc) is 1.96. The summed E-state index contributed by atoms with van der Waals surface area (Å²) in [5, 5.41) is 8.36. The Morgan fingerprint density at radius 1 is 1.46 bits per heavy atom. The predicted octanol–water partition coefficient (Wildman–Crippen LogP) is 1.44. The Morgan fingerprint density at radius 2 is 2.00 bits per heavy atom. The van der Waals surface area contributed by atoms with E-state index in [0.29, 0.717) is 0 Å². The molecule has 13 heavy (non-hydrogen) atoms. The van der Waals surface area contributed by atoms with Crippen LogP contribution in [0.2, 0.25) is 0 Å². The molecule has 0 aromatic heterocycles. The standard InChI is InChI=1S/C8H15F2NO2/c1-6(2)11(5-7(9)10)4-3-8(12)13/h6-7H,3-5H2,1-2H3,(H,12,13). The quantitative estimate of drug-likeness (QED) is 0.697. The van der Waals surface area contributed by atoms with Crippen molar-refractivity contribution in [2.24, 2.45) is 0 Å². The minimum atomic E-state index is -2.41. The van der Waals surface area contributed by atoms with E-state index in [1.165, 1.54) is 4.90 Å². The highest BCUT2D eigenvalue weighted by atomic mass is 19.3. The van der Waals surface area contributed by atoms with Crippen LogP contribution in [-0.2, 0) is 4.79 Å². The van der Waals surface area contributed by atoms with Crippen LogP contribution in [0.15, 0.2) is 0 Å². The molecule has 0 spiro atoms. The van der Waals surface area contributed by atoms with Gasteiger partial charge in [-0.25, -0.2) is 8.78 Å². The zero-order valence-corrected chi connectivity index (χ0v) is 7.83. The molecule has 78 valence electrons. The number of nitrogens with zero attached hydrogens (tertiary/aromatic N) is 1. The second-order valence-electron chi connectivity index (χ2n) is 3.12. The molecular formula is C8H15F2NO2. The maximum Gasteiger partial charge on any atom is 0.304 e. The van der Waals surface area contributed by atoms with Gasteiger partial charge >= 0.3 is 5.97 Å². The molecule has 0 amide bonds. The maximum absolute atomic E-state index is 12.0. The van der Waals surface area contributed by atoms with Gasteiger partial charge in [0.25, 0.3) is 6.43 Å². The largest absolute Gasteiger partial charge is 0.481 e. The SMILES string of the molecule is CC(C)N(CCC(=O)O)CC(F)F. The first-order valence-electron chi connectivity index (χ1n) is 4.17. The summed E-state index contributed by atoms with van der Waals surface area (Å²) >= 11 is 0. The highest BCUT2D eigenvalue weighted by Gasteiger charge is 2.15. The van der Waals surface area contributed by atoms with Gasteiger partial charge in [0.15, 0.2) is 0 Å². The summed E-state index contributed by atoms with van der Waals surface area (Å²) < 4.78 is 24.0. The molecule has 0 saturated heterocycles. The lowest BCUT2D eigenvalue weighted by Crippen LogP contribution is -2.36. The summed E-state index contributed by atoms with van der Waals surface area (Å²) in [5.41, 5.74) is 0. The van der Waals surface area contributed by atoms with Crippen LogP contribution >= 0.6 is 0 Å². The Morgan fingerprint density at radius 3 is 2.31 bits per heavy atom. The Bertz CT molecular complexity index is 162. The van der Waals surface area contributed by atoms with E-state index in [9.17, 15) is 13.6 Å². The van der Waals surface area contributed by atoms with E-state index in [0.717, 1.165) is 0 Å². The van der Waals surface area contributed by atoms with E-state index < -0.39 is 12.4 Å². The number of carboxylic acids is 1. The number of carbonyl (C=O) groups is 1. The molecule has 0 heterocycles. The molecule has 1 N–H and O–H groups in total. The van der Waals surface area contributed by atoms with Gasteiger partial charge in [0, 0.05) is 12.6 Å². The molecule has 0 aliphatic carbocycles. The molecule has 0 aromatic carbocycles. The number of carboxylic acid groups (broad SMARTS) is 1. The van der Waals surface area contributed by atoms with Crippen LogP contribution < -0.4 is 0 Å². The predicted molar refractivity (Wildman–Crippen MR) is 45.0 cm³/mol. The van der Waals surface area contributed by atoms with Gasteiger partial charge in [-0.1, -0.05) is 0 Å². The van der Waals surface area contributed by atoms with Gasteiger partial charge in [0.05, 0.1) is 13.0 Å². The molecule has 3 nitrogen and oxygen atoms in total. The van der Waals surface area contributed by atoms with Crippen molar-refractivity contribution < 1.29 is 18.7 Å². The van der Waals surface area contributed by atoms with Gasteiger partial charge in [-0.3, -0.25) is 9.69 Å². The van der Waals surface area contributed by atoms with Crippen molar-refractivity contribution in [2.45, 2.75) is 32.7 Å². The molecule has 0 saturated carbocycles. The zero-order chi connectivity index (χ0) is 10.4. The Labute approximate surface area is 76.3 Å². The number of hydrogen-bond acceptors (Lipinski definition) is 2. The lowest BCUT2D eigenvalue weighted by atomic mass is 10.3. The van der Waals surface area contributed by atoms with E-state index in [1.54, 1.807) is 13.8 Å². The van der Waals surface area contributed by atoms with Crippen molar-refractivity contribution in [3.8, 4) is 0 Å². The van der Waals surface area contributed by atoms with Gasteiger partial charge in [-0.05, 0) is 13.8 Å². The normalized spacial score (nSPS) is 11.6. The Balaban J connectivity index is 3.87. The summed E-state index contributed by atoms with van der Waals surface area (Å²) in [4.78, 5) is 11.7. The molecule has 0 aliphatic rings. The highest BCUT2D eigenvalue weighted by molar-refractivity contribution is 5.66.